The van der Waals surface area contributed by atoms with Crippen molar-refractivity contribution in [2.45, 2.75) is 25.3 Å². The molecule has 80 valence electrons. The van der Waals surface area contributed by atoms with Gasteiger partial charge in [-0.2, -0.15) is 0 Å². The molecular weight excluding hydrogens is 188 g/mol. The molecule has 2 rings (SSSR count). The molecule has 0 spiro atoms. The molecule has 0 radical (unpaired) electrons. The number of aromatic nitrogens is 1. The molecule has 0 aliphatic heterocycles. The molecule has 0 atom stereocenters. The molecule has 1 aliphatic carbocycles. The predicted molar refractivity (Wildman–Crippen MR) is 61.3 cm³/mol. The Morgan fingerprint density at radius 2 is 2.27 bits per heavy atom. The SMILES string of the molecule is CN(c1ccc(C(=N)N)cn1)C1CCC1. The Hall–Kier alpha value is -1.58. The van der Waals surface area contributed by atoms with Crippen molar-refractivity contribution in [3.8, 4) is 0 Å². The van der Waals surface area contributed by atoms with Gasteiger partial charge in [-0.3, -0.25) is 5.41 Å². The molecule has 1 aliphatic rings. The summed E-state index contributed by atoms with van der Waals surface area (Å²) in [5.74, 6) is 1.03. The zero-order valence-corrected chi connectivity index (χ0v) is 8.90. The third-order valence-electron chi connectivity index (χ3n) is 3.04. The number of anilines is 1. The molecule has 0 unspecified atom stereocenters. The molecule has 1 saturated carbocycles. The minimum atomic E-state index is 0.0698. The summed E-state index contributed by atoms with van der Waals surface area (Å²) in [4.78, 5) is 6.51. The second-order valence-corrected chi connectivity index (χ2v) is 4.01. The molecule has 0 bridgehead atoms. The van der Waals surface area contributed by atoms with Crippen molar-refractivity contribution in [2.75, 3.05) is 11.9 Å². The topological polar surface area (TPSA) is 66.0 Å². The smallest absolute Gasteiger partial charge is 0.128 e. The predicted octanol–water partition coefficient (Wildman–Crippen LogP) is 1.35. The Morgan fingerprint density at radius 3 is 2.67 bits per heavy atom. The van der Waals surface area contributed by atoms with Crippen molar-refractivity contribution in [2.24, 2.45) is 5.73 Å². The molecular formula is C11H16N4. The summed E-state index contributed by atoms with van der Waals surface area (Å²) in [5, 5.41) is 7.27. The molecule has 15 heavy (non-hydrogen) atoms. The second-order valence-electron chi connectivity index (χ2n) is 4.01. The molecule has 1 aromatic heterocycles. The van der Waals surface area contributed by atoms with E-state index in [1.165, 1.54) is 19.3 Å². The Balaban J connectivity index is 2.11. The number of pyridine rings is 1. The van der Waals surface area contributed by atoms with Gasteiger partial charge in [-0.25, -0.2) is 4.98 Å². The lowest BCUT2D eigenvalue weighted by Gasteiger charge is -2.35. The fraction of sp³-hybridized carbons (Fsp3) is 0.455. The number of nitrogens with two attached hydrogens (primary N) is 1. The molecule has 3 N–H and O–H groups in total. The number of nitrogen functional groups attached to an aromatic ring is 1. The number of hydrogen-bond acceptors (Lipinski definition) is 3. The first kappa shape index (κ1) is 9.96. The van der Waals surface area contributed by atoms with Crippen molar-refractivity contribution in [3.05, 3.63) is 23.9 Å². The fourth-order valence-electron chi connectivity index (χ4n) is 1.72. The monoisotopic (exact) mass is 204 g/mol. The normalized spacial score (nSPS) is 15.8. The number of nitrogens with one attached hydrogen (secondary N) is 1. The summed E-state index contributed by atoms with van der Waals surface area (Å²) in [5.41, 5.74) is 6.05. The van der Waals surface area contributed by atoms with Gasteiger partial charge in [-0.15, -0.1) is 0 Å². The first-order valence-corrected chi connectivity index (χ1v) is 5.22. The standard InChI is InChI=1S/C11H16N4/c1-15(9-3-2-4-9)10-6-5-8(7-14-10)11(12)13/h5-7,9H,2-4H2,1H3,(H3,12,13). The number of rotatable bonds is 3. The van der Waals surface area contributed by atoms with Crippen LogP contribution in [0.15, 0.2) is 18.3 Å². The lowest BCUT2D eigenvalue weighted by molar-refractivity contribution is 0.399. The van der Waals surface area contributed by atoms with Gasteiger partial charge in [0.05, 0.1) is 0 Å². The van der Waals surface area contributed by atoms with E-state index in [1.807, 2.05) is 12.1 Å². The van der Waals surface area contributed by atoms with Crippen LogP contribution < -0.4 is 10.6 Å². The average molecular weight is 204 g/mol. The highest BCUT2D eigenvalue weighted by molar-refractivity contribution is 5.94. The van der Waals surface area contributed by atoms with E-state index in [0.717, 1.165) is 5.82 Å². The van der Waals surface area contributed by atoms with E-state index in [1.54, 1.807) is 6.20 Å². The Labute approximate surface area is 89.6 Å². The minimum absolute atomic E-state index is 0.0698. The third-order valence-corrected chi connectivity index (χ3v) is 3.04. The van der Waals surface area contributed by atoms with Crippen LogP contribution in [0.2, 0.25) is 0 Å². The molecule has 1 heterocycles. The largest absolute Gasteiger partial charge is 0.384 e. The van der Waals surface area contributed by atoms with Crippen LogP contribution in [-0.2, 0) is 0 Å². The van der Waals surface area contributed by atoms with Gasteiger partial charge >= 0.3 is 0 Å². The maximum Gasteiger partial charge on any atom is 0.128 e. The number of hydrogen-bond donors (Lipinski definition) is 2. The van der Waals surface area contributed by atoms with Crippen LogP contribution in [0.5, 0.6) is 0 Å². The number of amidine groups is 1. The molecule has 0 amide bonds. The maximum atomic E-state index is 7.27. The summed E-state index contributed by atoms with van der Waals surface area (Å²) >= 11 is 0. The summed E-state index contributed by atoms with van der Waals surface area (Å²) in [6.45, 7) is 0. The van der Waals surface area contributed by atoms with Gasteiger partial charge < -0.3 is 10.6 Å². The maximum absolute atomic E-state index is 7.27. The minimum Gasteiger partial charge on any atom is -0.384 e. The van der Waals surface area contributed by atoms with Gasteiger partial charge in [0.2, 0.25) is 0 Å². The quantitative estimate of drug-likeness (QED) is 0.577. The van der Waals surface area contributed by atoms with Crippen LogP contribution in [0, 0.1) is 5.41 Å². The van der Waals surface area contributed by atoms with E-state index in [9.17, 15) is 0 Å². The van der Waals surface area contributed by atoms with Gasteiger partial charge in [0.25, 0.3) is 0 Å². The molecule has 0 aromatic carbocycles. The van der Waals surface area contributed by atoms with Crippen LogP contribution in [-0.4, -0.2) is 23.9 Å². The van der Waals surface area contributed by atoms with Gasteiger partial charge in [0.1, 0.15) is 11.7 Å². The van der Waals surface area contributed by atoms with E-state index in [4.69, 9.17) is 11.1 Å². The number of nitrogens with zero attached hydrogens (tertiary/aromatic N) is 2. The highest BCUT2D eigenvalue weighted by Crippen LogP contribution is 2.26. The van der Waals surface area contributed by atoms with Crippen molar-refractivity contribution in [1.82, 2.24) is 4.98 Å². The van der Waals surface area contributed by atoms with Crippen LogP contribution in [0.3, 0.4) is 0 Å². The molecule has 1 aromatic rings. The van der Waals surface area contributed by atoms with E-state index in [-0.39, 0.29) is 5.84 Å². The lowest BCUT2D eigenvalue weighted by atomic mass is 9.92. The molecule has 0 saturated heterocycles. The average Bonchev–Trinajstić information content (AvgIpc) is 2.15. The van der Waals surface area contributed by atoms with Gasteiger partial charge in [0.15, 0.2) is 0 Å². The van der Waals surface area contributed by atoms with Crippen LogP contribution in [0.4, 0.5) is 5.82 Å². The first-order valence-electron chi connectivity index (χ1n) is 5.22. The Bertz CT molecular complexity index is 353. The van der Waals surface area contributed by atoms with Crippen LogP contribution >= 0.6 is 0 Å². The van der Waals surface area contributed by atoms with E-state index >= 15 is 0 Å². The van der Waals surface area contributed by atoms with Crippen molar-refractivity contribution in [3.63, 3.8) is 0 Å². The van der Waals surface area contributed by atoms with Gasteiger partial charge in [-0.05, 0) is 31.4 Å². The zero-order chi connectivity index (χ0) is 10.8. The van der Waals surface area contributed by atoms with Crippen molar-refractivity contribution < 1.29 is 0 Å². The van der Waals surface area contributed by atoms with E-state index < -0.39 is 0 Å². The summed E-state index contributed by atoms with van der Waals surface area (Å²) in [6.07, 6.45) is 5.49. The highest BCUT2D eigenvalue weighted by Gasteiger charge is 2.22. The van der Waals surface area contributed by atoms with Gasteiger partial charge in [-0.1, -0.05) is 0 Å². The first-order chi connectivity index (χ1) is 7.18. The van der Waals surface area contributed by atoms with Crippen LogP contribution in [0.25, 0.3) is 0 Å². The zero-order valence-electron chi connectivity index (χ0n) is 8.90. The molecule has 4 heteroatoms. The second kappa shape index (κ2) is 3.88. The lowest BCUT2D eigenvalue weighted by Crippen LogP contribution is -2.37. The summed E-state index contributed by atoms with van der Waals surface area (Å²) in [7, 11) is 2.07. The van der Waals surface area contributed by atoms with Crippen LogP contribution in [0.1, 0.15) is 24.8 Å². The van der Waals surface area contributed by atoms with Gasteiger partial charge in [0, 0.05) is 24.8 Å². The van der Waals surface area contributed by atoms with E-state index in [0.29, 0.717) is 11.6 Å². The Kier molecular flexibility index (Phi) is 2.58. The summed E-state index contributed by atoms with van der Waals surface area (Å²) < 4.78 is 0. The molecule has 4 nitrogen and oxygen atoms in total. The molecule has 1 fully saturated rings. The fourth-order valence-corrected chi connectivity index (χ4v) is 1.72. The third kappa shape index (κ3) is 1.93. The van der Waals surface area contributed by atoms with Crippen molar-refractivity contribution in [1.29, 1.82) is 5.41 Å². The van der Waals surface area contributed by atoms with E-state index in [2.05, 4.69) is 16.9 Å². The Morgan fingerprint density at radius 1 is 1.53 bits per heavy atom. The summed E-state index contributed by atoms with van der Waals surface area (Å²) in [6, 6.07) is 4.41. The van der Waals surface area contributed by atoms with Crippen molar-refractivity contribution >= 4 is 11.7 Å². The highest BCUT2D eigenvalue weighted by atomic mass is 15.2.